The molecule has 0 aromatic carbocycles. The van der Waals surface area contributed by atoms with Gasteiger partial charge in [-0.2, -0.15) is 0 Å². The summed E-state index contributed by atoms with van der Waals surface area (Å²) in [4.78, 5) is 11.6. The third kappa shape index (κ3) is 5.23. The number of carbonyl (C=O) groups is 1. The monoisotopic (exact) mass is 258 g/mol. The molecule has 0 radical (unpaired) electrons. The Morgan fingerprint density at radius 3 is 2.39 bits per heavy atom. The average Bonchev–Trinajstić information content (AvgIpc) is 2.26. The van der Waals surface area contributed by atoms with Gasteiger partial charge in [-0.1, -0.05) is 0 Å². The minimum atomic E-state index is -0.458. The van der Waals surface area contributed by atoms with Gasteiger partial charge in [0.1, 0.15) is 5.60 Å². The molecule has 1 atom stereocenters. The summed E-state index contributed by atoms with van der Waals surface area (Å²) in [7, 11) is 0. The molecule has 0 aromatic heterocycles. The van der Waals surface area contributed by atoms with Gasteiger partial charge in [0.25, 0.3) is 0 Å². The molecule has 1 fully saturated rings. The van der Waals surface area contributed by atoms with Gasteiger partial charge in [0.05, 0.1) is 6.61 Å². The van der Waals surface area contributed by atoms with Gasteiger partial charge < -0.3 is 20.9 Å². The Morgan fingerprint density at radius 1 is 1.39 bits per heavy atom. The normalized spacial score (nSPS) is 26.5. The molecule has 0 heterocycles. The van der Waals surface area contributed by atoms with Crippen molar-refractivity contribution in [2.45, 2.75) is 64.1 Å². The Balaban J connectivity index is 2.29. The molecule has 5 heteroatoms. The maximum Gasteiger partial charge on any atom is 0.407 e. The van der Waals surface area contributed by atoms with Gasteiger partial charge in [0, 0.05) is 12.1 Å². The Morgan fingerprint density at radius 2 is 1.94 bits per heavy atom. The number of nitrogens with one attached hydrogen (secondary N) is 1. The first kappa shape index (κ1) is 15.2. The van der Waals surface area contributed by atoms with Gasteiger partial charge >= 0.3 is 6.09 Å². The molecule has 18 heavy (non-hydrogen) atoms. The van der Waals surface area contributed by atoms with Gasteiger partial charge in [-0.05, 0) is 52.4 Å². The van der Waals surface area contributed by atoms with E-state index in [1.807, 2.05) is 20.8 Å². The van der Waals surface area contributed by atoms with Gasteiger partial charge in [-0.15, -0.1) is 0 Å². The third-order valence-electron chi connectivity index (χ3n) is 3.31. The lowest BCUT2D eigenvalue weighted by atomic mass is 9.82. The number of aliphatic hydroxyl groups is 1. The fraction of sp³-hybridized carbons (Fsp3) is 0.923. The number of amides is 1. The van der Waals surface area contributed by atoms with E-state index in [2.05, 4.69) is 5.32 Å². The molecule has 1 amide bonds. The van der Waals surface area contributed by atoms with Crippen LogP contribution in [0.5, 0.6) is 0 Å². The second-order valence-corrected chi connectivity index (χ2v) is 6.10. The molecule has 0 aromatic rings. The van der Waals surface area contributed by atoms with E-state index < -0.39 is 5.60 Å². The molecular weight excluding hydrogens is 232 g/mol. The van der Waals surface area contributed by atoms with Crippen molar-refractivity contribution in [3.05, 3.63) is 0 Å². The Hall–Kier alpha value is -0.810. The van der Waals surface area contributed by atoms with Crippen molar-refractivity contribution in [1.29, 1.82) is 0 Å². The zero-order chi connectivity index (χ0) is 13.8. The molecule has 1 aliphatic rings. The molecule has 4 N–H and O–H groups in total. The maximum atomic E-state index is 11.6. The fourth-order valence-electron chi connectivity index (χ4n) is 2.31. The van der Waals surface area contributed by atoms with Crippen LogP contribution in [0.1, 0.15) is 46.5 Å². The summed E-state index contributed by atoms with van der Waals surface area (Å²) in [5, 5.41) is 11.9. The van der Waals surface area contributed by atoms with Crippen LogP contribution in [0.15, 0.2) is 0 Å². The Labute approximate surface area is 109 Å². The lowest BCUT2D eigenvalue weighted by molar-refractivity contribution is 0.0483. The van der Waals surface area contributed by atoms with Gasteiger partial charge in [0.15, 0.2) is 0 Å². The SMILES string of the molecule is CC(C)(C)OC(=O)N[C@H]1CC[C@H]([C@H](N)CO)CC1. The topological polar surface area (TPSA) is 84.6 Å². The number of ether oxygens (including phenoxy) is 1. The van der Waals surface area contributed by atoms with Crippen LogP contribution in [-0.2, 0) is 4.74 Å². The van der Waals surface area contributed by atoms with Crippen LogP contribution in [0.25, 0.3) is 0 Å². The zero-order valence-corrected chi connectivity index (χ0v) is 11.6. The summed E-state index contributed by atoms with van der Waals surface area (Å²) >= 11 is 0. The van der Waals surface area contributed by atoms with E-state index in [1.165, 1.54) is 0 Å². The van der Waals surface area contributed by atoms with Crippen molar-refractivity contribution in [2.24, 2.45) is 11.7 Å². The Kier molecular flexibility index (Phi) is 5.41. The minimum Gasteiger partial charge on any atom is -0.444 e. The molecule has 0 spiro atoms. The van der Waals surface area contributed by atoms with E-state index in [0.717, 1.165) is 25.7 Å². The minimum absolute atomic E-state index is 0.0365. The van der Waals surface area contributed by atoms with Crippen molar-refractivity contribution in [2.75, 3.05) is 6.61 Å². The average molecular weight is 258 g/mol. The molecule has 1 aliphatic carbocycles. The first-order valence-electron chi connectivity index (χ1n) is 6.68. The highest BCUT2D eigenvalue weighted by atomic mass is 16.6. The van der Waals surface area contributed by atoms with Crippen LogP contribution in [0.4, 0.5) is 4.79 Å². The molecule has 0 aliphatic heterocycles. The van der Waals surface area contributed by atoms with E-state index in [9.17, 15) is 4.79 Å². The summed E-state index contributed by atoms with van der Waals surface area (Å²) in [5.74, 6) is 0.367. The lowest BCUT2D eigenvalue weighted by Gasteiger charge is -2.32. The van der Waals surface area contributed by atoms with Crippen molar-refractivity contribution in [1.82, 2.24) is 5.32 Å². The molecule has 106 valence electrons. The number of hydrogen-bond donors (Lipinski definition) is 3. The standard InChI is InChI=1S/C13H26N2O3/c1-13(2,3)18-12(17)15-10-6-4-9(5-7-10)11(14)8-16/h9-11,16H,4-8,14H2,1-3H3,(H,15,17)/t9-,10-,11-/m1/s1. The number of rotatable bonds is 3. The maximum absolute atomic E-state index is 11.6. The summed E-state index contributed by atoms with van der Waals surface area (Å²) in [6.45, 7) is 5.59. The van der Waals surface area contributed by atoms with Gasteiger partial charge in [-0.25, -0.2) is 4.79 Å². The van der Waals surface area contributed by atoms with Crippen LogP contribution in [0.2, 0.25) is 0 Å². The van der Waals surface area contributed by atoms with Gasteiger partial charge in [-0.3, -0.25) is 0 Å². The Bertz CT molecular complexity index is 268. The third-order valence-corrected chi connectivity index (χ3v) is 3.31. The molecule has 0 bridgehead atoms. The number of nitrogens with two attached hydrogens (primary N) is 1. The number of alkyl carbamates (subject to hydrolysis) is 1. The van der Waals surface area contributed by atoms with Gasteiger partial charge in [0.2, 0.25) is 0 Å². The number of carbonyl (C=O) groups excluding carboxylic acids is 1. The summed E-state index contributed by atoms with van der Waals surface area (Å²) in [6.07, 6.45) is 3.34. The molecule has 0 unspecified atom stereocenters. The second kappa shape index (κ2) is 6.38. The molecule has 1 saturated carbocycles. The number of hydrogen-bond acceptors (Lipinski definition) is 4. The van der Waals surface area contributed by atoms with E-state index in [0.29, 0.717) is 5.92 Å². The van der Waals surface area contributed by atoms with E-state index in [1.54, 1.807) is 0 Å². The predicted molar refractivity (Wildman–Crippen MR) is 70.2 cm³/mol. The summed E-state index contributed by atoms with van der Waals surface area (Å²) in [5.41, 5.74) is 5.36. The molecular formula is C13H26N2O3. The van der Waals surface area contributed by atoms with Crippen molar-refractivity contribution in [3.8, 4) is 0 Å². The first-order valence-corrected chi connectivity index (χ1v) is 6.68. The largest absolute Gasteiger partial charge is 0.444 e. The van der Waals surface area contributed by atoms with Crippen LogP contribution < -0.4 is 11.1 Å². The van der Waals surface area contributed by atoms with E-state index >= 15 is 0 Å². The fourth-order valence-corrected chi connectivity index (χ4v) is 2.31. The molecule has 0 saturated heterocycles. The van der Waals surface area contributed by atoms with Crippen molar-refractivity contribution < 1.29 is 14.6 Å². The quantitative estimate of drug-likeness (QED) is 0.714. The lowest BCUT2D eigenvalue weighted by Crippen LogP contribution is -2.43. The van der Waals surface area contributed by atoms with Crippen LogP contribution >= 0.6 is 0 Å². The van der Waals surface area contributed by atoms with E-state index in [-0.39, 0.29) is 24.8 Å². The number of aliphatic hydroxyl groups excluding tert-OH is 1. The summed E-state index contributed by atoms with van der Waals surface area (Å²) in [6, 6.07) is 0.0365. The highest BCUT2D eigenvalue weighted by Gasteiger charge is 2.27. The first-order chi connectivity index (χ1) is 8.31. The van der Waals surface area contributed by atoms with Crippen LogP contribution in [0, 0.1) is 5.92 Å². The zero-order valence-electron chi connectivity index (χ0n) is 11.6. The van der Waals surface area contributed by atoms with Crippen LogP contribution in [0.3, 0.4) is 0 Å². The van der Waals surface area contributed by atoms with Crippen molar-refractivity contribution >= 4 is 6.09 Å². The second-order valence-electron chi connectivity index (χ2n) is 6.10. The van der Waals surface area contributed by atoms with Crippen LogP contribution in [-0.4, -0.2) is 35.5 Å². The van der Waals surface area contributed by atoms with E-state index in [4.69, 9.17) is 15.6 Å². The molecule has 1 rings (SSSR count). The van der Waals surface area contributed by atoms with Crippen molar-refractivity contribution in [3.63, 3.8) is 0 Å². The highest BCUT2D eigenvalue weighted by Crippen LogP contribution is 2.26. The highest BCUT2D eigenvalue weighted by molar-refractivity contribution is 5.68. The summed E-state index contributed by atoms with van der Waals surface area (Å²) < 4.78 is 5.22. The smallest absolute Gasteiger partial charge is 0.407 e. The molecule has 5 nitrogen and oxygen atoms in total. The predicted octanol–water partition coefficient (Wildman–Crippen LogP) is 1.39.